The molecule has 1 saturated heterocycles. The van der Waals surface area contributed by atoms with Gasteiger partial charge in [-0.25, -0.2) is 0 Å². The van der Waals surface area contributed by atoms with E-state index in [2.05, 4.69) is 17.3 Å². The molecule has 0 bridgehead atoms. The third-order valence-corrected chi connectivity index (χ3v) is 2.46. The van der Waals surface area contributed by atoms with E-state index in [1.165, 1.54) is 0 Å². The number of hydrogen-bond acceptors (Lipinski definition) is 3. The van der Waals surface area contributed by atoms with Gasteiger partial charge >= 0.3 is 0 Å². The summed E-state index contributed by atoms with van der Waals surface area (Å²) in [7, 11) is 2.09. The highest BCUT2D eigenvalue weighted by Gasteiger charge is 2.15. The largest absolute Gasteiger partial charge is 0.387 e. The standard InChI is InChI=1S/C9H18N2O2/c1-11-5-2-3-8(4-6-11)10-9(13)7-12/h8,12H,2-7H2,1H3,(H,10,13). The number of carbonyl (C=O) groups is 1. The molecule has 0 aliphatic carbocycles. The van der Waals surface area contributed by atoms with Gasteiger partial charge in [0.1, 0.15) is 6.61 Å². The molecule has 1 aliphatic rings. The first-order valence-corrected chi connectivity index (χ1v) is 4.81. The molecule has 76 valence electrons. The molecule has 0 radical (unpaired) electrons. The number of hydrogen-bond donors (Lipinski definition) is 2. The van der Waals surface area contributed by atoms with Crippen LogP contribution in [0.4, 0.5) is 0 Å². The Morgan fingerprint density at radius 2 is 2.31 bits per heavy atom. The first-order valence-electron chi connectivity index (χ1n) is 4.81. The van der Waals surface area contributed by atoms with Gasteiger partial charge in [0.05, 0.1) is 0 Å². The normalized spacial score (nSPS) is 25.2. The lowest BCUT2D eigenvalue weighted by atomic mass is 10.1. The smallest absolute Gasteiger partial charge is 0.245 e. The Balaban J connectivity index is 2.29. The van der Waals surface area contributed by atoms with E-state index in [9.17, 15) is 4.79 Å². The molecule has 13 heavy (non-hydrogen) atoms. The zero-order chi connectivity index (χ0) is 9.68. The van der Waals surface area contributed by atoms with Crippen molar-refractivity contribution in [3.63, 3.8) is 0 Å². The van der Waals surface area contributed by atoms with Crippen LogP contribution in [0, 0.1) is 0 Å². The maximum Gasteiger partial charge on any atom is 0.245 e. The molecule has 2 N–H and O–H groups in total. The fraction of sp³-hybridized carbons (Fsp3) is 0.889. The van der Waals surface area contributed by atoms with Crippen molar-refractivity contribution in [1.82, 2.24) is 10.2 Å². The van der Waals surface area contributed by atoms with Gasteiger partial charge in [-0.3, -0.25) is 4.79 Å². The van der Waals surface area contributed by atoms with E-state index in [0.717, 1.165) is 32.4 Å². The van der Waals surface area contributed by atoms with E-state index in [1.807, 2.05) is 0 Å². The Hall–Kier alpha value is -0.610. The third kappa shape index (κ3) is 3.74. The van der Waals surface area contributed by atoms with Crippen molar-refractivity contribution in [2.75, 3.05) is 26.7 Å². The van der Waals surface area contributed by atoms with E-state index in [-0.39, 0.29) is 11.9 Å². The highest BCUT2D eigenvalue weighted by Crippen LogP contribution is 2.08. The summed E-state index contributed by atoms with van der Waals surface area (Å²) in [6.07, 6.45) is 3.13. The zero-order valence-corrected chi connectivity index (χ0v) is 8.12. The van der Waals surface area contributed by atoms with Crippen LogP contribution in [0.25, 0.3) is 0 Å². The van der Waals surface area contributed by atoms with E-state index in [4.69, 9.17) is 5.11 Å². The number of nitrogens with zero attached hydrogens (tertiary/aromatic N) is 1. The van der Waals surface area contributed by atoms with Gasteiger partial charge in [-0.05, 0) is 39.4 Å². The number of rotatable bonds is 2. The van der Waals surface area contributed by atoms with Gasteiger partial charge in [-0.2, -0.15) is 0 Å². The Kier molecular flexibility index (Phi) is 4.18. The number of aliphatic hydroxyl groups is 1. The maximum atomic E-state index is 10.9. The monoisotopic (exact) mass is 186 g/mol. The SMILES string of the molecule is CN1CCCC(NC(=O)CO)CC1. The van der Waals surface area contributed by atoms with Crippen molar-refractivity contribution in [2.45, 2.75) is 25.3 Å². The molecule has 0 aromatic heterocycles. The first-order chi connectivity index (χ1) is 6.22. The average Bonchev–Trinajstić information content (AvgIpc) is 2.31. The summed E-state index contributed by atoms with van der Waals surface area (Å²) in [6.45, 7) is 1.73. The van der Waals surface area contributed by atoms with E-state index in [0.29, 0.717) is 0 Å². The highest BCUT2D eigenvalue weighted by atomic mass is 16.3. The van der Waals surface area contributed by atoms with E-state index >= 15 is 0 Å². The minimum atomic E-state index is -0.396. The Bertz CT molecular complexity index is 173. The zero-order valence-electron chi connectivity index (χ0n) is 8.12. The average molecular weight is 186 g/mol. The number of aliphatic hydroxyl groups excluding tert-OH is 1. The summed E-state index contributed by atoms with van der Waals surface area (Å²) >= 11 is 0. The molecular weight excluding hydrogens is 168 g/mol. The van der Waals surface area contributed by atoms with E-state index < -0.39 is 6.61 Å². The van der Waals surface area contributed by atoms with Gasteiger partial charge in [0.2, 0.25) is 5.91 Å². The van der Waals surface area contributed by atoms with Crippen LogP contribution in [0.5, 0.6) is 0 Å². The molecule has 0 aromatic carbocycles. The summed E-state index contributed by atoms with van der Waals surface area (Å²) < 4.78 is 0. The maximum absolute atomic E-state index is 10.9. The van der Waals surface area contributed by atoms with Crippen molar-refractivity contribution >= 4 is 5.91 Å². The van der Waals surface area contributed by atoms with Crippen LogP contribution < -0.4 is 5.32 Å². The second-order valence-corrected chi connectivity index (χ2v) is 3.66. The molecule has 1 atom stereocenters. The van der Waals surface area contributed by atoms with Gasteiger partial charge in [0.15, 0.2) is 0 Å². The summed E-state index contributed by atoms with van der Waals surface area (Å²) in [5, 5.41) is 11.4. The molecule has 0 saturated carbocycles. The molecular formula is C9H18N2O2. The molecule has 4 nitrogen and oxygen atoms in total. The molecule has 0 spiro atoms. The number of likely N-dealkylation sites (tertiary alicyclic amines) is 1. The fourth-order valence-corrected chi connectivity index (χ4v) is 1.66. The van der Waals surface area contributed by atoms with Crippen molar-refractivity contribution in [1.29, 1.82) is 0 Å². The highest BCUT2D eigenvalue weighted by molar-refractivity contribution is 5.77. The number of amides is 1. The van der Waals surface area contributed by atoms with Crippen molar-refractivity contribution in [3.8, 4) is 0 Å². The van der Waals surface area contributed by atoms with Crippen LogP contribution in [0.15, 0.2) is 0 Å². The topological polar surface area (TPSA) is 52.6 Å². The van der Waals surface area contributed by atoms with E-state index in [1.54, 1.807) is 0 Å². The summed E-state index contributed by atoms with van der Waals surface area (Å²) in [4.78, 5) is 13.2. The molecule has 1 aliphatic heterocycles. The van der Waals surface area contributed by atoms with Crippen LogP contribution in [-0.2, 0) is 4.79 Å². The Labute approximate surface area is 78.9 Å². The quantitative estimate of drug-likeness (QED) is 0.616. The van der Waals surface area contributed by atoms with Gasteiger partial charge in [0.25, 0.3) is 0 Å². The van der Waals surface area contributed by atoms with Gasteiger partial charge in [0, 0.05) is 6.04 Å². The molecule has 1 heterocycles. The molecule has 1 unspecified atom stereocenters. The minimum Gasteiger partial charge on any atom is -0.387 e. The lowest BCUT2D eigenvalue weighted by molar-refractivity contribution is -0.124. The van der Waals surface area contributed by atoms with Gasteiger partial charge in [-0.1, -0.05) is 0 Å². The van der Waals surface area contributed by atoms with Gasteiger partial charge in [-0.15, -0.1) is 0 Å². The van der Waals surface area contributed by atoms with Crippen molar-refractivity contribution in [3.05, 3.63) is 0 Å². The molecule has 1 amide bonds. The van der Waals surface area contributed by atoms with Gasteiger partial charge < -0.3 is 15.3 Å². The third-order valence-electron chi connectivity index (χ3n) is 2.46. The van der Waals surface area contributed by atoms with Crippen LogP contribution >= 0.6 is 0 Å². The fourth-order valence-electron chi connectivity index (χ4n) is 1.66. The summed E-state index contributed by atoms with van der Waals surface area (Å²) in [5.41, 5.74) is 0. The molecule has 0 aromatic rings. The van der Waals surface area contributed by atoms with Crippen molar-refractivity contribution in [2.24, 2.45) is 0 Å². The predicted octanol–water partition coefficient (Wildman–Crippen LogP) is -0.421. The Morgan fingerprint density at radius 3 is 3.00 bits per heavy atom. The lowest BCUT2D eigenvalue weighted by Crippen LogP contribution is -2.37. The summed E-state index contributed by atoms with van der Waals surface area (Å²) in [6, 6.07) is 0.254. The first kappa shape index (κ1) is 10.5. The number of carbonyl (C=O) groups excluding carboxylic acids is 1. The molecule has 1 rings (SSSR count). The van der Waals surface area contributed by atoms with Crippen LogP contribution in [-0.4, -0.2) is 48.7 Å². The Morgan fingerprint density at radius 1 is 1.54 bits per heavy atom. The second-order valence-electron chi connectivity index (χ2n) is 3.66. The lowest BCUT2D eigenvalue weighted by Gasteiger charge is -2.15. The minimum absolute atomic E-state index is 0.254. The van der Waals surface area contributed by atoms with Crippen LogP contribution in [0.1, 0.15) is 19.3 Å². The van der Waals surface area contributed by atoms with Crippen LogP contribution in [0.2, 0.25) is 0 Å². The molecule has 1 fully saturated rings. The number of nitrogens with one attached hydrogen (secondary N) is 1. The summed E-state index contributed by atoms with van der Waals surface area (Å²) in [5.74, 6) is -0.255. The predicted molar refractivity (Wildman–Crippen MR) is 50.4 cm³/mol. The molecule has 4 heteroatoms. The second kappa shape index (κ2) is 5.19. The van der Waals surface area contributed by atoms with Crippen molar-refractivity contribution < 1.29 is 9.90 Å². The van der Waals surface area contributed by atoms with Crippen LogP contribution in [0.3, 0.4) is 0 Å².